The summed E-state index contributed by atoms with van der Waals surface area (Å²) in [6, 6.07) is 6.95. The molecule has 23 heavy (non-hydrogen) atoms. The minimum Gasteiger partial charge on any atom is -0.366 e. The van der Waals surface area contributed by atoms with Crippen LogP contribution in [-0.4, -0.2) is 16.2 Å². The third-order valence-corrected chi connectivity index (χ3v) is 5.05. The maximum atomic E-state index is 13.3. The number of halogens is 3. The molecule has 1 aromatic carbocycles. The van der Waals surface area contributed by atoms with Gasteiger partial charge in [0.1, 0.15) is 0 Å². The fraction of sp³-hybridized carbons (Fsp3) is 0.294. The number of aliphatic hydroxyl groups is 1. The van der Waals surface area contributed by atoms with Crippen LogP contribution in [0.3, 0.4) is 0 Å². The number of thioether (sulfide) groups is 1. The predicted octanol–water partition coefficient (Wildman–Crippen LogP) is 4.78. The first-order valence-electron chi connectivity index (χ1n) is 7.13. The maximum Gasteiger partial charge on any atom is 0.412 e. The number of aryl methyl sites for hydroxylation is 1. The highest BCUT2D eigenvalue weighted by atomic mass is 32.2. The fourth-order valence-electron chi connectivity index (χ4n) is 2.83. The lowest BCUT2D eigenvalue weighted by Crippen LogP contribution is -2.43. The van der Waals surface area contributed by atoms with E-state index in [1.165, 1.54) is 17.8 Å². The van der Waals surface area contributed by atoms with Crippen LogP contribution in [0, 0.1) is 6.92 Å². The fourth-order valence-corrected chi connectivity index (χ4v) is 3.78. The Bertz CT molecular complexity index is 718. The van der Waals surface area contributed by atoms with Crippen molar-refractivity contribution in [2.24, 2.45) is 0 Å². The predicted molar refractivity (Wildman–Crippen MR) is 85.1 cm³/mol. The molecule has 2 heterocycles. The molecule has 0 saturated heterocycles. The van der Waals surface area contributed by atoms with Gasteiger partial charge in [-0.25, -0.2) is 0 Å². The van der Waals surface area contributed by atoms with Crippen LogP contribution in [-0.2, 0) is 5.72 Å². The summed E-state index contributed by atoms with van der Waals surface area (Å²) in [6.07, 6.45) is -2.51. The number of nitrogens with zero attached hydrogens (tertiary/aromatic N) is 1. The van der Waals surface area contributed by atoms with E-state index in [2.05, 4.69) is 0 Å². The van der Waals surface area contributed by atoms with Gasteiger partial charge in [-0.05, 0) is 25.3 Å². The summed E-state index contributed by atoms with van der Waals surface area (Å²) >= 11 is 1.31. The molecule has 0 aromatic heterocycles. The minimum atomic E-state index is -4.47. The molecule has 0 amide bonds. The standard InChI is InChI=1S/C17H16F3NOS/c1-11-3-5-13(6-4-11)16(22)9-14(17(18,19)20)7-8-15-21(16)12(2)10-23-15/h3-8,10,22H,9H2,1-2H3/t16-/m0/s1. The Morgan fingerprint density at radius 3 is 2.39 bits per heavy atom. The second kappa shape index (κ2) is 5.46. The monoisotopic (exact) mass is 339 g/mol. The zero-order valence-electron chi connectivity index (χ0n) is 12.7. The lowest BCUT2D eigenvalue weighted by molar-refractivity contribution is -0.120. The smallest absolute Gasteiger partial charge is 0.366 e. The summed E-state index contributed by atoms with van der Waals surface area (Å²) < 4.78 is 39.8. The number of fused-ring (bicyclic) bond motifs is 1. The molecule has 0 fully saturated rings. The van der Waals surface area contributed by atoms with E-state index in [4.69, 9.17) is 0 Å². The van der Waals surface area contributed by atoms with Crippen LogP contribution in [0.15, 0.2) is 58.1 Å². The van der Waals surface area contributed by atoms with Crippen molar-refractivity contribution in [2.45, 2.75) is 32.2 Å². The average molecular weight is 339 g/mol. The molecule has 2 aliphatic heterocycles. The van der Waals surface area contributed by atoms with Crippen LogP contribution >= 0.6 is 11.8 Å². The molecule has 122 valence electrons. The number of hydrogen-bond acceptors (Lipinski definition) is 3. The van der Waals surface area contributed by atoms with E-state index < -0.39 is 23.9 Å². The summed E-state index contributed by atoms with van der Waals surface area (Å²) in [4.78, 5) is 1.58. The molecular formula is C17H16F3NOS. The van der Waals surface area contributed by atoms with Gasteiger partial charge in [0.2, 0.25) is 0 Å². The van der Waals surface area contributed by atoms with E-state index in [0.717, 1.165) is 17.3 Å². The first kappa shape index (κ1) is 16.2. The van der Waals surface area contributed by atoms with Crippen LogP contribution in [0.2, 0.25) is 0 Å². The lowest BCUT2D eigenvalue weighted by Gasteiger charge is -2.40. The van der Waals surface area contributed by atoms with Crippen molar-refractivity contribution in [3.8, 4) is 0 Å². The molecule has 1 N–H and O–H groups in total. The van der Waals surface area contributed by atoms with Crippen molar-refractivity contribution in [3.05, 3.63) is 69.3 Å². The molecule has 3 rings (SSSR count). The maximum absolute atomic E-state index is 13.3. The molecule has 2 aliphatic rings. The number of rotatable bonds is 1. The van der Waals surface area contributed by atoms with Gasteiger partial charge in [0.15, 0.2) is 5.72 Å². The van der Waals surface area contributed by atoms with E-state index in [1.54, 1.807) is 36.1 Å². The largest absolute Gasteiger partial charge is 0.412 e. The van der Waals surface area contributed by atoms with E-state index in [1.807, 2.05) is 12.3 Å². The summed E-state index contributed by atoms with van der Waals surface area (Å²) in [6.45, 7) is 3.68. The molecule has 1 aromatic rings. The third-order valence-electron chi connectivity index (χ3n) is 4.04. The molecule has 0 spiro atoms. The van der Waals surface area contributed by atoms with Gasteiger partial charge in [-0.2, -0.15) is 13.2 Å². The molecule has 6 heteroatoms. The summed E-state index contributed by atoms with van der Waals surface area (Å²) in [5.74, 6) is 0. The van der Waals surface area contributed by atoms with Crippen molar-refractivity contribution in [1.82, 2.24) is 4.90 Å². The highest BCUT2D eigenvalue weighted by Crippen LogP contribution is 2.49. The number of alkyl halides is 3. The summed E-state index contributed by atoms with van der Waals surface area (Å²) in [7, 11) is 0. The Kier molecular flexibility index (Phi) is 3.84. The number of hydrogen-bond donors (Lipinski definition) is 1. The second-order valence-corrected chi connectivity index (χ2v) is 6.66. The van der Waals surface area contributed by atoms with Crippen LogP contribution < -0.4 is 0 Å². The van der Waals surface area contributed by atoms with E-state index in [-0.39, 0.29) is 0 Å². The Balaban J connectivity index is 2.14. The van der Waals surface area contributed by atoms with Gasteiger partial charge in [0, 0.05) is 23.3 Å². The molecule has 0 aliphatic carbocycles. The van der Waals surface area contributed by atoms with Crippen molar-refractivity contribution in [3.63, 3.8) is 0 Å². The molecule has 0 radical (unpaired) electrons. The van der Waals surface area contributed by atoms with Crippen LogP contribution in [0.4, 0.5) is 13.2 Å². The first-order valence-corrected chi connectivity index (χ1v) is 8.01. The second-order valence-electron chi connectivity index (χ2n) is 5.77. The lowest BCUT2D eigenvalue weighted by atomic mass is 9.92. The van der Waals surface area contributed by atoms with Crippen molar-refractivity contribution < 1.29 is 18.3 Å². The Labute approximate surface area is 137 Å². The Morgan fingerprint density at radius 2 is 1.78 bits per heavy atom. The molecule has 2 nitrogen and oxygen atoms in total. The topological polar surface area (TPSA) is 23.5 Å². The van der Waals surface area contributed by atoms with Gasteiger partial charge < -0.3 is 10.0 Å². The van der Waals surface area contributed by atoms with E-state index >= 15 is 0 Å². The van der Waals surface area contributed by atoms with E-state index in [0.29, 0.717) is 10.6 Å². The van der Waals surface area contributed by atoms with Gasteiger partial charge >= 0.3 is 6.18 Å². The zero-order chi connectivity index (χ0) is 16.8. The zero-order valence-corrected chi connectivity index (χ0v) is 13.5. The third kappa shape index (κ3) is 2.81. The SMILES string of the molecule is CC1=CSC2=CC=C(C(F)(F)F)C[C@](O)(c3ccc(C)cc3)N12. The van der Waals surface area contributed by atoms with Crippen molar-refractivity contribution in [2.75, 3.05) is 0 Å². The van der Waals surface area contributed by atoms with Gasteiger partial charge in [0.05, 0.1) is 5.03 Å². The quantitative estimate of drug-likeness (QED) is 0.796. The molecule has 0 unspecified atom stereocenters. The van der Waals surface area contributed by atoms with E-state index in [9.17, 15) is 18.3 Å². The van der Waals surface area contributed by atoms with Crippen molar-refractivity contribution >= 4 is 11.8 Å². The van der Waals surface area contributed by atoms with Gasteiger partial charge in [-0.3, -0.25) is 0 Å². The molecule has 1 atom stereocenters. The van der Waals surface area contributed by atoms with Gasteiger partial charge in [-0.15, -0.1) is 0 Å². The van der Waals surface area contributed by atoms with Crippen LogP contribution in [0.1, 0.15) is 24.5 Å². The highest BCUT2D eigenvalue weighted by Gasteiger charge is 2.47. The van der Waals surface area contributed by atoms with Crippen molar-refractivity contribution in [1.29, 1.82) is 0 Å². The summed E-state index contributed by atoms with van der Waals surface area (Å²) in [5.41, 5.74) is -0.351. The summed E-state index contributed by atoms with van der Waals surface area (Å²) in [5, 5.41) is 13.7. The molecule has 0 saturated carbocycles. The molecule has 0 bridgehead atoms. The Morgan fingerprint density at radius 1 is 1.13 bits per heavy atom. The molecular weight excluding hydrogens is 323 g/mol. The van der Waals surface area contributed by atoms with Gasteiger partial charge in [0.25, 0.3) is 0 Å². The van der Waals surface area contributed by atoms with Crippen LogP contribution in [0.5, 0.6) is 0 Å². The highest BCUT2D eigenvalue weighted by molar-refractivity contribution is 8.06. The number of benzene rings is 1. The average Bonchev–Trinajstić information content (AvgIpc) is 2.75. The first-order chi connectivity index (χ1) is 10.7. The Hall–Kier alpha value is -1.66. The normalized spacial score (nSPS) is 24.6. The van der Waals surface area contributed by atoms with Gasteiger partial charge in [-0.1, -0.05) is 47.7 Å². The number of allylic oxidation sites excluding steroid dienone is 3. The van der Waals surface area contributed by atoms with Crippen LogP contribution in [0.25, 0.3) is 0 Å². The minimum absolute atomic E-state index is 0.446.